The third-order valence-electron chi connectivity index (χ3n) is 4.59. The summed E-state index contributed by atoms with van der Waals surface area (Å²) in [5.74, 6) is 0.369. The number of esters is 1. The molecule has 7 nitrogen and oxygen atoms in total. The van der Waals surface area contributed by atoms with Crippen LogP contribution in [-0.2, 0) is 16.1 Å². The minimum atomic E-state index is -0.356. The average molecular weight is 508 g/mol. The van der Waals surface area contributed by atoms with E-state index in [1.165, 1.54) is 7.11 Å². The Morgan fingerprint density at radius 1 is 1.17 bits per heavy atom. The molecule has 0 bridgehead atoms. The molecule has 3 rings (SSSR count). The van der Waals surface area contributed by atoms with Gasteiger partial charge in [0.2, 0.25) is 5.91 Å². The van der Waals surface area contributed by atoms with Crippen molar-refractivity contribution in [2.75, 3.05) is 25.6 Å². The van der Waals surface area contributed by atoms with Gasteiger partial charge in [0.25, 0.3) is 0 Å². The van der Waals surface area contributed by atoms with Crippen LogP contribution in [0, 0.1) is 0 Å². The molecule has 1 saturated heterocycles. The number of amides is 1. The van der Waals surface area contributed by atoms with E-state index in [4.69, 9.17) is 4.74 Å². The first kappa shape index (κ1) is 22.7. The summed E-state index contributed by atoms with van der Waals surface area (Å²) >= 11 is 0. The van der Waals surface area contributed by atoms with Crippen LogP contribution in [0.1, 0.15) is 22.3 Å². The van der Waals surface area contributed by atoms with E-state index >= 15 is 0 Å². The van der Waals surface area contributed by atoms with Gasteiger partial charge >= 0.3 is 5.97 Å². The van der Waals surface area contributed by atoms with Crippen LogP contribution < -0.4 is 15.5 Å². The van der Waals surface area contributed by atoms with Gasteiger partial charge in [-0.3, -0.25) is 9.79 Å². The molecule has 0 aromatic heterocycles. The minimum Gasteiger partial charge on any atom is -0.465 e. The smallest absolute Gasteiger partial charge is 0.337 e. The van der Waals surface area contributed by atoms with Crippen LogP contribution in [0.4, 0.5) is 5.69 Å². The van der Waals surface area contributed by atoms with E-state index in [0.29, 0.717) is 31.0 Å². The standard InChI is InChI=1S/C21H24N4O3.HI/c1-22-21(23-13-15-8-10-16(11-9-15)20(27)28-2)24-17-12-19(26)25(14-17)18-6-4-3-5-7-18;/h3-11,17H,12-14H2,1-2H3,(H2,22,23,24);1H. The number of hydrogen-bond donors (Lipinski definition) is 2. The molecule has 2 aromatic carbocycles. The molecule has 8 heteroatoms. The molecule has 0 aliphatic carbocycles. The Labute approximate surface area is 187 Å². The Morgan fingerprint density at radius 2 is 1.86 bits per heavy atom. The van der Waals surface area contributed by atoms with Gasteiger partial charge in [-0.15, -0.1) is 24.0 Å². The van der Waals surface area contributed by atoms with Gasteiger partial charge in [-0.1, -0.05) is 30.3 Å². The molecule has 0 spiro atoms. The largest absolute Gasteiger partial charge is 0.465 e. The molecule has 1 atom stereocenters. The van der Waals surface area contributed by atoms with E-state index in [9.17, 15) is 9.59 Å². The maximum Gasteiger partial charge on any atom is 0.337 e. The highest BCUT2D eigenvalue weighted by atomic mass is 127. The van der Waals surface area contributed by atoms with Crippen LogP contribution in [0.25, 0.3) is 0 Å². The van der Waals surface area contributed by atoms with Gasteiger partial charge in [0.1, 0.15) is 0 Å². The summed E-state index contributed by atoms with van der Waals surface area (Å²) in [6.07, 6.45) is 0.420. The Morgan fingerprint density at radius 3 is 2.48 bits per heavy atom. The van der Waals surface area contributed by atoms with Gasteiger partial charge in [-0.25, -0.2) is 4.79 Å². The summed E-state index contributed by atoms with van der Waals surface area (Å²) < 4.78 is 4.70. The van der Waals surface area contributed by atoms with Crippen molar-refractivity contribution in [1.82, 2.24) is 10.6 Å². The molecule has 0 radical (unpaired) electrons. The molecular formula is C21H25IN4O3. The van der Waals surface area contributed by atoms with E-state index in [1.807, 2.05) is 42.5 Å². The topological polar surface area (TPSA) is 83.0 Å². The highest BCUT2D eigenvalue weighted by Crippen LogP contribution is 2.20. The normalized spacial score (nSPS) is 16.2. The lowest BCUT2D eigenvalue weighted by Gasteiger charge is -2.19. The summed E-state index contributed by atoms with van der Waals surface area (Å²) in [5, 5.41) is 6.54. The second-order valence-electron chi connectivity index (χ2n) is 6.50. The summed E-state index contributed by atoms with van der Waals surface area (Å²) in [6.45, 7) is 1.14. The first-order chi connectivity index (χ1) is 13.6. The number of hydrogen-bond acceptors (Lipinski definition) is 4. The molecule has 29 heavy (non-hydrogen) atoms. The second kappa shape index (κ2) is 10.8. The number of carbonyl (C=O) groups excluding carboxylic acids is 2. The van der Waals surface area contributed by atoms with Crippen molar-refractivity contribution in [3.8, 4) is 0 Å². The van der Waals surface area contributed by atoms with Gasteiger partial charge < -0.3 is 20.3 Å². The lowest BCUT2D eigenvalue weighted by molar-refractivity contribution is -0.117. The van der Waals surface area contributed by atoms with Crippen molar-refractivity contribution < 1.29 is 14.3 Å². The quantitative estimate of drug-likeness (QED) is 0.281. The van der Waals surface area contributed by atoms with Crippen molar-refractivity contribution in [3.05, 3.63) is 65.7 Å². The zero-order valence-corrected chi connectivity index (χ0v) is 18.8. The molecule has 2 aromatic rings. The van der Waals surface area contributed by atoms with Crippen LogP contribution in [-0.4, -0.2) is 44.6 Å². The Balaban J connectivity index is 0.00000300. The molecule has 1 unspecified atom stereocenters. The molecule has 1 heterocycles. The van der Waals surface area contributed by atoms with E-state index < -0.39 is 0 Å². The number of carbonyl (C=O) groups is 2. The summed E-state index contributed by atoms with van der Waals surface area (Å²) in [7, 11) is 3.06. The van der Waals surface area contributed by atoms with Crippen LogP contribution in [0.15, 0.2) is 59.6 Å². The summed E-state index contributed by atoms with van der Waals surface area (Å²) in [5.41, 5.74) is 2.42. The predicted octanol–water partition coefficient (Wildman–Crippen LogP) is 2.56. The Kier molecular flexibility index (Phi) is 8.44. The predicted molar refractivity (Wildman–Crippen MR) is 124 cm³/mol. The van der Waals surface area contributed by atoms with E-state index in [-0.39, 0.29) is 41.9 Å². The van der Waals surface area contributed by atoms with Gasteiger partial charge in [0, 0.05) is 32.2 Å². The van der Waals surface area contributed by atoms with Crippen molar-refractivity contribution in [2.45, 2.75) is 19.0 Å². The number of ether oxygens (including phenoxy) is 1. The molecule has 154 valence electrons. The molecule has 2 N–H and O–H groups in total. The number of anilines is 1. The van der Waals surface area contributed by atoms with Crippen LogP contribution in [0.2, 0.25) is 0 Å². The number of halogens is 1. The Hall–Kier alpha value is -2.62. The number of aliphatic imine (C=N–C) groups is 1. The second-order valence-corrected chi connectivity index (χ2v) is 6.50. The zero-order chi connectivity index (χ0) is 19.9. The average Bonchev–Trinajstić information content (AvgIpc) is 3.11. The van der Waals surface area contributed by atoms with E-state index in [1.54, 1.807) is 24.1 Å². The SMILES string of the molecule is CN=C(NCc1ccc(C(=O)OC)cc1)NC1CC(=O)N(c2ccccc2)C1.I. The lowest BCUT2D eigenvalue weighted by Crippen LogP contribution is -2.44. The number of para-hydroxylation sites is 1. The fraction of sp³-hybridized carbons (Fsp3) is 0.286. The third-order valence-corrected chi connectivity index (χ3v) is 4.59. The van der Waals surface area contributed by atoms with E-state index in [0.717, 1.165) is 11.3 Å². The summed E-state index contributed by atoms with van der Waals surface area (Å²) in [4.78, 5) is 29.8. The van der Waals surface area contributed by atoms with Crippen molar-refractivity contribution in [3.63, 3.8) is 0 Å². The number of guanidine groups is 1. The monoisotopic (exact) mass is 508 g/mol. The van der Waals surface area contributed by atoms with Gasteiger partial charge in [0.05, 0.1) is 18.7 Å². The van der Waals surface area contributed by atoms with Gasteiger partial charge in [-0.05, 0) is 29.8 Å². The van der Waals surface area contributed by atoms with Crippen LogP contribution in [0.5, 0.6) is 0 Å². The van der Waals surface area contributed by atoms with Crippen LogP contribution in [0.3, 0.4) is 0 Å². The number of nitrogens with zero attached hydrogens (tertiary/aromatic N) is 2. The molecule has 1 aliphatic heterocycles. The highest BCUT2D eigenvalue weighted by Gasteiger charge is 2.30. The number of nitrogens with one attached hydrogen (secondary N) is 2. The van der Waals surface area contributed by atoms with Gasteiger partial charge in [0.15, 0.2) is 5.96 Å². The third kappa shape index (κ3) is 5.93. The first-order valence-electron chi connectivity index (χ1n) is 9.10. The fourth-order valence-electron chi connectivity index (χ4n) is 3.11. The molecule has 1 amide bonds. The zero-order valence-electron chi connectivity index (χ0n) is 16.4. The first-order valence-corrected chi connectivity index (χ1v) is 9.10. The summed E-state index contributed by atoms with van der Waals surface area (Å²) in [6, 6.07) is 16.8. The lowest BCUT2D eigenvalue weighted by atomic mass is 10.1. The molecule has 0 saturated carbocycles. The van der Waals surface area contributed by atoms with Crippen molar-refractivity contribution in [2.24, 2.45) is 4.99 Å². The molecule has 1 aliphatic rings. The van der Waals surface area contributed by atoms with E-state index in [2.05, 4.69) is 15.6 Å². The van der Waals surface area contributed by atoms with Crippen molar-refractivity contribution >= 4 is 47.5 Å². The number of benzene rings is 2. The fourth-order valence-corrected chi connectivity index (χ4v) is 3.11. The number of methoxy groups -OCH3 is 1. The Bertz CT molecular complexity index is 856. The van der Waals surface area contributed by atoms with Crippen molar-refractivity contribution in [1.29, 1.82) is 0 Å². The van der Waals surface area contributed by atoms with Gasteiger partial charge in [-0.2, -0.15) is 0 Å². The molecule has 1 fully saturated rings. The maximum absolute atomic E-state index is 12.3. The minimum absolute atomic E-state index is 0. The highest BCUT2D eigenvalue weighted by molar-refractivity contribution is 14.0. The van der Waals surface area contributed by atoms with Crippen LogP contribution >= 0.6 is 24.0 Å². The maximum atomic E-state index is 12.3. The molecular weight excluding hydrogens is 483 g/mol. The number of rotatable bonds is 5.